The summed E-state index contributed by atoms with van der Waals surface area (Å²) in [4.78, 5) is 18.2. The fourth-order valence-corrected chi connectivity index (χ4v) is 1.99. The first-order valence-electron chi connectivity index (χ1n) is 4.87. The minimum atomic E-state index is 0.0573. The highest BCUT2D eigenvalue weighted by Crippen LogP contribution is 2.32. The average molecular weight is 240 g/mol. The van der Waals surface area contributed by atoms with Crippen molar-refractivity contribution < 1.29 is 9.53 Å². The normalized spacial score (nSPS) is 11.4. The zero-order valence-electron chi connectivity index (χ0n) is 10.2. The summed E-state index contributed by atoms with van der Waals surface area (Å²) in [5, 5.41) is 0.861. The minimum Gasteiger partial charge on any atom is -0.480 e. The summed E-state index contributed by atoms with van der Waals surface area (Å²) in [6.45, 7) is 3.34. The van der Waals surface area contributed by atoms with Crippen LogP contribution in [0.5, 0.6) is 5.88 Å². The van der Waals surface area contributed by atoms with Crippen LogP contribution < -0.4 is 9.64 Å². The van der Waals surface area contributed by atoms with Gasteiger partial charge in [0.25, 0.3) is 0 Å². The van der Waals surface area contributed by atoms with Crippen molar-refractivity contribution in [1.29, 1.82) is 0 Å². The molecular formula is C11H16N2O2S. The topological polar surface area (TPSA) is 42.4 Å². The van der Waals surface area contributed by atoms with E-state index in [9.17, 15) is 4.79 Å². The van der Waals surface area contributed by atoms with Crippen molar-refractivity contribution in [2.24, 2.45) is 0 Å². The second-order valence-corrected chi connectivity index (χ2v) is 4.66. The lowest BCUT2D eigenvalue weighted by atomic mass is 10.2. The zero-order valence-corrected chi connectivity index (χ0v) is 11.0. The third-order valence-corrected chi connectivity index (χ3v) is 3.24. The lowest BCUT2D eigenvalue weighted by Gasteiger charge is -2.04. The van der Waals surface area contributed by atoms with E-state index in [0.29, 0.717) is 11.5 Å². The molecule has 0 aliphatic rings. The van der Waals surface area contributed by atoms with Crippen molar-refractivity contribution in [3.8, 4) is 5.88 Å². The summed E-state index contributed by atoms with van der Waals surface area (Å²) >= 11 is 1.50. The van der Waals surface area contributed by atoms with Crippen LogP contribution in [0, 0.1) is 0 Å². The van der Waals surface area contributed by atoms with Gasteiger partial charge in [-0.05, 0) is 25.5 Å². The number of hydrogen-bond acceptors (Lipinski definition) is 5. The first-order chi connectivity index (χ1) is 7.45. The number of aromatic nitrogens is 1. The molecule has 5 heteroatoms. The summed E-state index contributed by atoms with van der Waals surface area (Å²) in [5.41, 5.74) is 0.701. The highest BCUT2D eigenvalue weighted by Gasteiger charge is 2.11. The van der Waals surface area contributed by atoms with Crippen LogP contribution in [0.25, 0.3) is 6.08 Å². The van der Waals surface area contributed by atoms with Gasteiger partial charge in [-0.3, -0.25) is 4.79 Å². The van der Waals surface area contributed by atoms with E-state index in [1.807, 2.05) is 25.1 Å². The smallest absolute Gasteiger partial charge is 0.233 e. The Morgan fingerprint density at radius 3 is 2.50 bits per heavy atom. The van der Waals surface area contributed by atoms with Crippen LogP contribution >= 0.6 is 11.3 Å². The van der Waals surface area contributed by atoms with Gasteiger partial charge in [-0.25, -0.2) is 0 Å². The fraction of sp³-hybridized carbons (Fsp3) is 0.455. The number of carbonyl (C=O) groups excluding carboxylic acids is 1. The number of carbonyl (C=O) groups is 1. The van der Waals surface area contributed by atoms with E-state index in [1.165, 1.54) is 11.3 Å². The largest absolute Gasteiger partial charge is 0.480 e. The third kappa shape index (κ3) is 2.82. The Balaban J connectivity index is 3.12. The van der Waals surface area contributed by atoms with Crippen LogP contribution in [-0.2, 0) is 4.79 Å². The monoisotopic (exact) mass is 240 g/mol. The van der Waals surface area contributed by atoms with Gasteiger partial charge in [0.1, 0.15) is 0 Å². The summed E-state index contributed by atoms with van der Waals surface area (Å²) in [5.74, 6) is 0.621. The summed E-state index contributed by atoms with van der Waals surface area (Å²) < 4.78 is 5.17. The van der Waals surface area contributed by atoms with Crippen molar-refractivity contribution in [1.82, 2.24) is 4.98 Å². The van der Waals surface area contributed by atoms with Gasteiger partial charge in [-0.15, -0.1) is 0 Å². The van der Waals surface area contributed by atoms with Crippen molar-refractivity contribution in [2.75, 3.05) is 26.1 Å². The Morgan fingerprint density at radius 2 is 2.06 bits per heavy atom. The minimum absolute atomic E-state index is 0.0573. The molecule has 0 aliphatic heterocycles. The number of Topliss-reactive ketones (excluding diaryl/α,β-unsaturated/α-hetero) is 1. The number of nitrogens with zero attached hydrogens (tertiary/aromatic N) is 2. The highest BCUT2D eigenvalue weighted by molar-refractivity contribution is 7.16. The Hall–Kier alpha value is -1.36. The van der Waals surface area contributed by atoms with Gasteiger partial charge in [0, 0.05) is 14.1 Å². The molecule has 0 saturated heterocycles. The lowest BCUT2D eigenvalue weighted by Crippen LogP contribution is -2.07. The number of methoxy groups -OCH3 is 1. The van der Waals surface area contributed by atoms with E-state index in [1.54, 1.807) is 21.0 Å². The Morgan fingerprint density at radius 1 is 1.44 bits per heavy atom. The molecule has 0 radical (unpaired) electrons. The molecule has 4 nitrogen and oxygen atoms in total. The quantitative estimate of drug-likeness (QED) is 0.757. The molecule has 1 heterocycles. The predicted molar refractivity (Wildman–Crippen MR) is 67.3 cm³/mol. The average Bonchev–Trinajstić information content (AvgIpc) is 2.60. The molecule has 1 aromatic heterocycles. The molecule has 0 unspecified atom stereocenters. The van der Waals surface area contributed by atoms with Crippen molar-refractivity contribution >= 4 is 28.3 Å². The van der Waals surface area contributed by atoms with E-state index in [0.717, 1.165) is 10.0 Å². The Labute approximate surface area is 99.6 Å². The molecule has 0 amide bonds. The van der Waals surface area contributed by atoms with Crippen LogP contribution in [0.1, 0.15) is 18.7 Å². The van der Waals surface area contributed by atoms with Gasteiger partial charge in [-0.2, -0.15) is 4.98 Å². The van der Waals surface area contributed by atoms with Crippen molar-refractivity contribution in [3.05, 3.63) is 10.5 Å². The molecule has 0 aromatic carbocycles. The predicted octanol–water partition coefficient (Wildman–Crippen LogP) is 2.21. The van der Waals surface area contributed by atoms with Gasteiger partial charge in [0.15, 0.2) is 10.9 Å². The number of rotatable bonds is 4. The molecular weight excluding hydrogens is 224 g/mol. The number of anilines is 1. The standard InChI is InChI=1S/C11H16N2O2S/c1-7(8(2)14)6-9-10(15-5)12-11(16-9)13(3)4/h6H,1-5H3/b7-6-. The van der Waals surface area contributed by atoms with E-state index >= 15 is 0 Å². The zero-order chi connectivity index (χ0) is 12.3. The molecule has 0 fully saturated rings. The van der Waals surface area contributed by atoms with Gasteiger partial charge in [-0.1, -0.05) is 11.3 Å². The van der Waals surface area contributed by atoms with E-state index in [-0.39, 0.29) is 5.78 Å². The molecule has 88 valence electrons. The number of hydrogen-bond donors (Lipinski definition) is 0. The van der Waals surface area contributed by atoms with Gasteiger partial charge < -0.3 is 9.64 Å². The Bertz CT molecular complexity index is 422. The van der Waals surface area contributed by atoms with E-state index in [4.69, 9.17) is 4.74 Å². The van der Waals surface area contributed by atoms with Gasteiger partial charge >= 0.3 is 0 Å². The molecule has 0 N–H and O–H groups in total. The maximum absolute atomic E-state index is 11.2. The molecule has 1 aromatic rings. The third-order valence-electron chi connectivity index (χ3n) is 2.09. The highest BCUT2D eigenvalue weighted by atomic mass is 32.1. The first kappa shape index (κ1) is 12.7. The van der Waals surface area contributed by atoms with Crippen LogP contribution in [-0.4, -0.2) is 32.0 Å². The SMILES string of the molecule is COc1nc(N(C)C)sc1/C=C(/C)C(C)=O. The fourth-order valence-electron chi connectivity index (χ4n) is 1.03. The van der Waals surface area contributed by atoms with Crippen LogP contribution in [0.2, 0.25) is 0 Å². The van der Waals surface area contributed by atoms with E-state index in [2.05, 4.69) is 4.98 Å². The van der Waals surface area contributed by atoms with Crippen LogP contribution in [0.3, 0.4) is 0 Å². The molecule has 0 aliphatic carbocycles. The summed E-state index contributed by atoms with van der Waals surface area (Å²) in [6, 6.07) is 0. The molecule has 0 saturated carbocycles. The first-order valence-corrected chi connectivity index (χ1v) is 5.68. The number of thiazole rings is 1. The Kier molecular flexibility index (Phi) is 4.06. The van der Waals surface area contributed by atoms with Crippen molar-refractivity contribution in [2.45, 2.75) is 13.8 Å². The van der Waals surface area contributed by atoms with E-state index < -0.39 is 0 Å². The van der Waals surface area contributed by atoms with Gasteiger partial charge in [0.05, 0.1) is 12.0 Å². The van der Waals surface area contributed by atoms with Crippen molar-refractivity contribution in [3.63, 3.8) is 0 Å². The molecule has 1 rings (SSSR count). The van der Waals surface area contributed by atoms with Crippen LogP contribution in [0.15, 0.2) is 5.57 Å². The maximum Gasteiger partial charge on any atom is 0.233 e. The number of ether oxygens (including phenoxy) is 1. The molecule has 16 heavy (non-hydrogen) atoms. The van der Waals surface area contributed by atoms with Gasteiger partial charge in [0.2, 0.25) is 5.88 Å². The molecule has 0 atom stereocenters. The summed E-state index contributed by atoms with van der Waals surface area (Å²) in [7, 11) is 5.42. The molecule has 0 spiro atoms. The molecule has 0 bridgehead atoms. The lowest BCUT2D eigenvalue weighted by molar-refractivity contribution is -0.113. The maximum atomic E-state index is 11.2. The second-order valence-electron chi connectivity index (χ2n) is 3.65. The second kappa shape index (κ2) is 5.12. The number of ketones is 1. The summed E-state index contributed by atoms with van der Waals surface area (Å²) in [6.07, 6.45) is 1.81. The van der Waals surface area contributed by atoms with Crippen LogP contribution in [0.4, 0.5) is 5.13 Å². The number of allylic oxidation sites excluding steroid dienone is 1.